The van der Waals surface area contributed by atoms with Crippen LogP contribution in [0.2, 0.25) is 0 Å². The van der Waals surface area contributed by atoms with Crippen molar-refractivity contribution in [2.75, 3.05) is 6.54 Å². The number of aromatic amines is 1. The van der Waals surface area contributed by atoms with Crippen LogP contribution in [-0.2, 0) is 0 Å². The van der Waals surface area contributed by atoms with Gasteiger partial charge >= 0.3 is 0 Å². The lowest BCUT2D eigenvalue weighted by molar-refractivity contribution is 0.0189. The monoisotopic (exact) mass is 383 g/mol. The van der Waals surface area contributed by atoms with Gasteiger partial charge in [0.05, 0.1) is 23.6 Å². The van der Waals surface area contributed by atoms with Crippen LogP contribution in [0.5, 0.6) is 0 Å². The fourth-order valence-corrected chi connectivity index (χ4v) is 3.13. The molecular weight excluding hydrogens is 366 g/mol. The average molecular weight is 383 g/mol. The molecule has 5 N–H and O–H groups in total. The van der Waals surface area contributed by atoms with Gasteiger partial charge in [-0.05, 0) is 18.2 Å². The Morgan fingerprint density at radius 2 is 1.70 bits per heavy atom. The predicted molar refractivity (Wildman–Crippen MR) is 90.4 cm³/mol. The largest absolute Gasteiger partial charge is 0.389 e. The number of aromatic nitrogens is 1. The summed E-state index contributed by atoms with van der Waals surface area (Å²) in [6.45, 7) is -0.558. The van der Waals surface area contributed by atoms with Crippen LogP contribution in [0.1, 0.15) is 28.8 Å². The van der Waals surface area contributed by atoms with Gasteiger partial charge in [0, 0.05) is 30.2 Å². The van der Waals surface area contributed by atoms with Crippen molar-refractivity contribution in [1.29, 1.82) is 0 Å². The molecule has 27 heavy (non-hydrogen) atoms. The standard InChI is InChI=1S/C18H17F4N3O2/c19-14-12(11(8-3-1-5-24-8)9-4-2-6-25-9)15(20)17(22)13(16(14)21)18(27)10(26)7-23/h1-6,8,10-11,18,25-27H,7,23H2/t8?,10-,11?,18?/m0/s1. The van der Waals surface area contributed by atoms with Crippen molar-refractivity contribution >= 4 is 6.21 Å². The van der Waals surface area contributed by atoms with Crippen molar-refractivity contribution in [2.45, 2.75) is 24.2 Å². The lowest BCUT2D eigenvalue weighted by Crippen LogP contribution is -2.30. The van der Waals surface area contributed by atoms with E-state index in [2.05, 4.69) is 9.98 Å². The number of rotatable bonds is 6. The Labute approximate surface area is 151 Å². The molecule has 144 valence electrons. The Hall–Kier alpha value is -2.49. The molecule has 1 aliphatic heterocycles. The summed E-state index contributed by atoms with van der Waals surface area (Å²) in [4.78, 5) is 6.85. The third kappa shape index (κ3) is 3.29. The molecule has 0 saturated carbocycles. The van der Waals surface area contributed by atoms with Gasteiger partial charge in [0.25, 0.3) is 0 Å². The summed E-state index contributed by atoms with van der Waals surface area (Å²) in [5, 5.41) is 19.4. The molecule has 9 heteroatoms. The van der Waals surface area contributed by atoms with Crippen molar-refractivity contribution in [3.63, 3.8) is 0 Å². The number of nitrogens with zero attached hydrogens (tertiary/aromatic N) is 1. The van der Waals surface area contributed by atoms with E-state index in [4.69, 9.17) is 5.73 Å². The number of benzene rings is 1. The fourth-order valence-electron chi connectivity index (χ4n) is 3.13. The maximum atomic E-state index is 14.8. The topological polar surface area (TPSA) is 94.6 Å². The van der Waals surface area contributed by atoms with Gasteiger partial charge in [0.2, 0.25) is 0 Å². The number of allylic oxidation sites excluding steroid dienone is 1. The molecule has 2 aromatic rings. The van der Waals surface area contributed by atoms with Gasteiger partial charge in [0.15, 0.2) is 23.3 Å². The lowest BCUT2D eigenvalue weighted by atomic mass is 9.86. The zero-order valence-corrected chi connectivity index (χ0v) is 13.9. The number of aliphatic hydroxyl groups is 2. The Kier molecular flexibility index (Phi) is 5.45. The molecule has 1 aromatic heterocycles. The van der Waals surface area contributed by atoms with Crippen molar-refractivity contribution in [3.05, 3.63) is 70.6 Å². The predicted octanol–water partition coefficient (Wildman–Crippen LogP) is 2.07. The molecule has 0 fully saturated rings. The van der Waals surface area contributed by atoms with Crippen molar-refractivity contribution < 1.29 is 27.8 Å². The summed E-state index contributed by atoms with van der Waals surface area (Å²) in [5.41, 5.74) is 3.28. The van der Waals surface area contributed by atoms with E-state index >= 15 is 0 Å². The van der Waals surface area contributed by atoms with Crippen molar-refractivity contribution in [1.82, 2.24) is 4.98 Å². The number of nitrogens with one attached hydrogen (secondary N) is 1. The maximum absolute atomic E-state index is 14.8. The van der Waals surface area contributed by atoms with Crippen LogP contribution in [0.25, 0.3) is 0 Å². The van der Waals surface area contributed by atoms with Crippen LogP contribution < -0.4 is 5.73 Å². The van der Waals surface area contributed by atoms with Gasteiger partial charge in [-0.15, -0.1) is 0 Å². The second-order valence-corrected chi connectivity index (χ2v) is 6.11. The third-order valence-electron chi connectivity index (χ3n) is 4.50. The van der Waals surface area contributed by atoms with Crippen LogP contribution in [0.4, 0.5) is 17.6 Å². The molecule has 1 aromatic carbocycles. The number of nitrogens with two attached hydrogens (primary N) is 1. The van der Waals surface area contributed by atoms with Gasteiger partial charge < -0.3 is 20.9 Å². The number of aliphatic imine (C=N–C) groups is 1. The van der Waals surface area contributed by atoms with Gasteiger partial charge in [-0.3, -0.25) is 4.99 Å². The number of hydrogen-bond donors (Lipinski definition) is 4. The van der Waals surface area contributed by atoms with E-state index in [1.807, 2.05) is 0 Å². The molecule has 3 rings (SSSR count). The SMILES string of the molecule is NC[C@H](O)C(O)c1c(F)c(F)c(C(c2ccc[nH]2)C2C=CC=N2)c(F)c1F. The van der Waals surface area contributed by atoms with E-state index in [1.54, 1.807) is 18.2 Å². The lowest BCUT2D eigenvalue weighted by Gasteiger charge is -2.24. The summed E-state index contributed by atoms with van der Waals surface area (Å²) < 4.78 is 58.8. The number of halogens is 4. The molecule has 0 spiro atoms. The number of aliphatic hydroxyl groups excluding tert-OH is 2. The van der Waals surface area contributed by atoms with Crippen LogP contribution >= 0.6 is 0 Å². The first kappa shape index (κ1) is 19.3. The molecule has 0 saturated heterocycles. The Balaban J connectivity index is 2.21. The Bertz CT molecular complexity index is 842. The van der Waals surface area contributed by atoms with E-state index in [0.29, 0.717) is 5.69 Å². The minimum absolute atomic E-state index is 0.301. The molecule has 0 radical (unpaired) electrons. The van der Waals surface area contributed by atoms with E-state index in [1.165, 1.54) is 18.5 Å². The molecule has 0 aliphatic carbocycles. The Morgan fingerprint density at radius 3 is 2.19 bits per heavy atom. The number of H-pyrrole nitrogens is 1. The van der Waals surface area contributed by atoms with Crippen molar-refractivity contribution in [3.8, 4) is 0 Å². The first-order valence-corrected chi connectivity index (χ1v) is 8.13. The molecule has 3 unspecified atom stereocenters. The second-order valence-electron chi connectivity index (χ2n) is 6.11. The van der Waals surface area contributed by atoms with Crippen LogP contribution in [0.3, 0.4) is 0 Å². The zero-order valence-electron chi connectivity index (χ0n) is 13.9. The first-order valence-electron chi connectivity index (χ1n) is 8.13. The summed E-state index contributed by atoms with van der Waals surface area (Å²) in [6.07, 6.45) is 2.00. The highest BCUT2D eigenvalue weighted by atomic mass is 19.2. The van der Waals surface area contributed by atoms with E-state index in [-0.39, 0.29) is 0 Å². The smallest absolute Gasteiger partial charge is 0.168 e. The molecular formula is C18H17F4N3O2. The highest BCUT2D eigenvalue weighted by molar-refractivity contribution is 5.74. The summed E-state index contributed by atoms with van der Waals surface area (Å²) >= 11 is 0. The van der Waals surface area contributed by atoms with E-state index in [0.717, 1.165) is 0 Å². The maximum Gasteiger partial charge on any atom is 0.168 e. The van der Waals surface area contributed by atoms with Gasteiger partial charge in [-0.1, -0.05) is 6.08 Å². The summed E-state index contributed by atoms with van der Waals surface area (Å²) in [5.74, 6) is -8.06. The molecule has 4 atom stereocenters. The zero-order chi connectivity index (χ0) is 19.7. The van der Waals surface area contributed by atoms with Crippen LogP contribution in [-0.4, -0.2) is 40.1 Å². The first-order chi connectivity index (χ1) is 12.9. The number of hydrogen-bond acceptors (Lipinski definition) is 4. The molecule has 0 bridgehead atoms. The Morgan fingerprint density at radius 1 is 1.07 bits per heavy atom. The van der Waals surface area contributed by atoms with Gasteiger partial charge in [-0.2, -0.15) is 0 Å². The van der Waals surface area contributed by atoms with Crippen molar-refractivity contribution in [2.24, 2.45) is 10.7 Å². The molecule has 1 aliphatic rings. The van der Waals surface area contributed by atoms with Gasteiger partial charge in [-0.25, -0.2) is 17.6 Å². The van der Waals surface area contributed by atoms with E-state index < -0.39 is 65.1 Å². The van der Waals surface area contributed by atoms with Gasteiger partial charge in [0.1, 0.15) is 6.10 Å². The quantitative estimate of drug-likeness (QED) is 0.454. The average Bonchev–Trinajstić information content (AvgIpc) is 3.37. The molecule has 0 amide bonds. The minimum Gasteiger partial charge on any atom is -0.389 e. The van der Waals surface area contributed by atoms with E-state index in [9.17, 15) is 27.8 Å². The van der Waals surface area contributed by atoms with Crippen LogP contribution in [0.15, 0.2) is 35.5 Å². The highest BCUT2D eigenvalue weighted by Gasteiger charge is 2.37. The third-order valence-corrected chi connectivity index (χ3v) is 4.50. The minimum atomic E-state index is -2.22. The highest BCUT2D eigenvalue weighted by Crippen LogP contribution is 2.38. The normalized spacial score (nSPS) is 19.4. The second kappa shape index (κ2) is 7.63. The molecule has 5 nitrogen and oxygen atoms in total. The molecule has 2 heterocycles. The van der Waals surface area contributed by atoms with Crippen LogP contribution in [0, 0.1) is 23.3 Å². The summed E-state index contributed by atoms with van der Waals surface area (Å²) in [7, 11) is 0. The summed E-state index contributed by atoms with van der Waals surface area (Å²) in [6, 6.07) is 2.31. The fraction of sp³-hybridized carbons (Fsp3) is 0.278.